The highest BCUT2D eigenvalue weighted by atomic mass is 32.2. The molecule has 6 nitrogen and oxygen atoms in total. The number of amides is 1. The molecule has 1 atom stereocenters. The summed E-state index contributed by atoms with van der Waals surface area (Å²) in [6, 6.07) is -0.0476. The number of piperidine rings is 1. The molecule has 0 spiro atoms. The monoisotopic (exact) mass is 275 g/mol. The van der Waals surface area contributed by atoms with Crippen molar-refractivity contribution in [3.05, 3.63) is 0 Å². The van der Waals surface area contributed by atoms with E-state index >= 15 is 0 Å². The lowest BCUT2D eigenvalue weighted by Gasteiger charge is -2.34. The fraction of sp³-hybridized carbons (Fsp3) is 0.909. The first-order chi connectivity index (χ1) is 8.50. The maximum absolute atomic E-state index is 12.4. The maximum atomic E-state index is 12.4. The molecule has 1 N–H and O–H groups in total. The van der Waals surface area contributed by atoms with Crippen LogP contribution in [-0.4, -0.2) is 55.2 Å². The molecule has 1 amide bonds. The lowest BCUT2D eigenvalue weighted by molar-refractivity contribution is -0.119. The van der Waals surface area contributed by atoms with Crippen molar-refractivity contribution in [3.63, 3.8) is 0 Å². The SMILES string of the molecule is CC(=O)N[C@@H]1CCCN(S(=O)(=O)N2CCCC2)C1. The second-order valence-corrected chi connectivity index (χ2v) is 6.94. The van der Waals surface area contributed by atoms with E-state index in [1.165, 1.54) is 11.2 Å². The minimum atomic E-state index is -3.32. The summed E-state index contributed by atoms with van der Waals surface area (Å²) in [5, 5.41) is 2.81. The van der Waals surface area contributed by atoms with Gasteiger partial charge in [0, 0.05) is 39.1 Å². The molecular weight excluding hydrogens is 254 g/mol. The van der Waals surface area contributed by atoms with Crippen molar-refractivity contribution in [2.24, 2.45) is 0 Å². The summed E-state index contributed by atoms with van der Waals surface area (Å²) in [4.78, 5) is 11.0. The van der Waals surface area contributed by atoms with Crippen LogP contribution in [0.2, 0.25) is 0 Å². The quantitative estimate of drug-likeness (QED) is 0.783. The van der Waals surface area contributed by atoms with Crippen molar-refractivity contribution in [3.8, 4) is 0 Å². The normalized spacial score (nSPS) is 27.3. The predicted molar refractivity (Wildman–Crippen MR) is 68.1 cm³/mol. The molecule has 0 aromatic heterocycles. The van der Waals surface area contributed by atoms with E-state index in [9.17, 15) is 13.2 Å². The van der Waals surface area contributed by atoms with E-state index in [4.69, 9.17) is 0 Å². The molecule has 2 aliphatic heterocycles. The van der Waals surface area contributed by atoms with Crippen molar-refractivity contribution < 1.29 is 13.2 Å². The number of carbonyl (C=O) groups is 1. The van der Waals surface area contributed by atoms with E-state index < -0.39 is 10.2 Å². The molecule has 0 bridgehead atoms. The smallest absolute Gasteiger partial charge is 0.282 e. The molecule has 2 heterocycles. The lowest BCUT2D eigenvalue weighted by atomic mass is 10.1. The van der Waals surface area contributed by atoms with Gasteiger partial charge in [-0.2, -0.15) is 17.0 Å². The number of hydrogen-bond acceptors (Lipinski definition) is 3. The Morgan fingerprint density at radius 3 is 2.33 bits per heavy atom. The molecule has 7 heteroatoms. The Bertz CT molecular complexity index is 404. The number of nitrogens with zero attached hydrogens (tertiary/aromatic N) is 2. The van der Waals surface area contributed by atoms with Gasteiger partial charge in [-0.15, -0.1) is 0 Å². The van der Waals surface area contributed by atoms with Gasteiger partial charge >= 0.3 is 0 Å². The second kappa shape index (κ2) is 5.54. The predicted octanol–water partition coefficient (Wildman–Crippen LogP) is -0.0725. The standard InChI is InChI=1S/C11H21N3O3S/c1-10(15)12-11-5-4-8-14(9-11)18(16,17)13-6-2-3-7-13/h11H,2-9H2,1H3,(H,12,15)/t11-/m1/s1. The first kappa shape index (κ1) is 13.8. The van der Waals surface area contributed by atoms with Gasteiger partial charge in [-0.25, -0.2) is 0 Å². The van der Waals surface area contributed by atoms with E-state index in [2.05, 4.69) is 5.32 Å². The molecule has 0 saturated carbocycles. The Morgan fingerprint density at radius 1 is 1.11 bits per heavy atom. The fourth-order valence-corrected chi connectivity index (χ4v) is 4.41. The summed E-state index contributed by atoms with van der Waals surface area (Å²) in [6.07, 6.45) is 3.55. The zero-order valence-corrected chi connectivity index (χ0v) is 11.6. The van der Waals surface area contributed by atoms with Crippen LogP contribution in [-0.2, 0) is 15.0 Å². The minimum absolute atomic E-state index is 0.0476. The molecule has 0 aliphatic carbocycles. The molecule has 0 aromatic carbocycles. The highest BCUT2D eigenvalue weighted by Gasteiger charge is 2.34. The Morgan fingerprint density at radius 2 is 1.72 bits per heavy atom. The number of hydrogen-bond donors (Lipinski definition) is 1. The van der Waals surface area contributed by atoms with E-state index in [1.54, 1.807) is 4.31 Å². The summed E-state index contributed by atoms with van der Waals surface area (Å²) in [5.74, 6) is -0.0968. The van der Waals surface area contributed by atoms with Crippen molar-refractivity contribution in [2.75, 3.05) is 26.2 Å². The van der Waals surface area contributed by atoms with Gasteiger partial charge in [-0.3, -0.25) is 4.79 Å². The van der Waals surface area contributed by atoms with E-state index in [1.807, 2.05) is 0 Å². The molecule has 2 aliphatic rings. The van der Waals surface area contributed by atoms with Crippen molar-refractivity contribution >= 4 is 16.1 Å². The van der Waals surface area contributed by atoms with Crippen LogP contribution in [0, 0.1) is 0 Å². The second-order valence-electron chi connectivity index (χ2n) is 5.01. The van der Waals surface area contributed by atoms with Crippen LogP contribution in [0.1, 0.15) is 32.6 Å². The summed E-state index contributed by atoms with van der Waals surface area (Å²) >= 11 is 0. The van der Waals surface area contributed by atoms with Gasteiger partial charge < -0.3 is 5.32 Å². The largest absolute Gasteiger partial charge is 0.352 e. The topological polar surface area (TPSA) is 69.7 Å². The number of rotatable bonds is 3. The van der Waals surface area contributed by atoms with Gasteiger partial charge in [0.25, 0.3) is 10.2 Å². The van der Waals surface area contributed by atoms with Crippen molar-refractivity contribution in [1.29, 1.82) is 0 Å². The van der Waals surface area contributed by atoms with Crippen LogP contribution >= 0.6 is 0 Å². The van der Waals surface area contributed by atoms with Gasteiger partial charge in [-0.1, -0.05) is 0 Å². The van der Waals surface area contributed by atoms with Crippen molar-refractivity contribution in [2.45, 2.75) is 38.6 Å². The van der Waals surface area contributed by atoms with E-state index in [0.717, 1.165) is 25.7 Å². The molecule has 104 valence electrons. The summed E-state index contributed by atoms with van der Waals surface area (Å²) < 4.78 is 27.8. The highest BCUT2D eigenvalue weighted by molar-refractivity contribution is 7.86. The third-order valence-electron chi connectivity index (χ3n) is 3.51. The zero-order valence-electron chi connectivity index (χ0n) is 10.8. The van der Waals surface area contributed by atoms with Crippen LogP contribution in [0.4, 0.5) is 0 Å². The van der Waals surface area contributed by atoms with Crippen LogP contribution < -0.4 is 5.32 Å². The van der Waals surface area contributed by atoms with Gasteiger partial charge in [0.1, 0.15) is 0 Å². The molecule has 0 radical (unpaired) electrons. The third kappa shape index (κ3) is 3.02. The minimum Gasteiger partial charge on any atom is -0.352 e. The molecule has 2 rings (SSSR count). The average molecular weight is 275 g/mol. The van der Waals surface area contributed by atoms with E-state index in [0.29, 0.717) is 26.2 Å². The Hall–Kier alpha value is -0.660. The Kier molecular flexibility index (Phi) is 4.24. The maximum Gasteiger partial charge on any atom is 0.282 e. The first-order valence-electron chi connectivity index (χ1n) is 6.52. The average Bonchev–Trinajstić information content (AvgIpc) is 2.82. The highest BCUT2D eigenvalue weighted by Crippen LogP contribution is 2.20. The Labute approximate surface area is 109 Å². The molecule has 2 saturated heterocycles. The third-order valence-corrected chi connectivity index (χ3v) is 5.51. The summed E-state index contributed by atoms with van der Waals surface area (Å²) in [5.41, 5.74) is 0. The molecular formula is C11H21N3O3S. The van der Waals surface area contributed by atoms with Gasteiger partial charge in [0.15, 0.2) is 0 Å². The fourth-order valence-electron chi connectivity index (χ4n) is 2.64. The number of carbonyl (C=O) groups excluding carboxylic acids is 1. The lowest BCUT2D eigenvalue weighted by Crippen LogP contribution is -2.52. The molecule has 18 heavy (non-hydrogen) atoms. The van der Waals surface area contributed by atoms with Gasteiger partial charge in [0.05, 0.1) is 0 Å². The zero-order chi connectivity index (χ0) is 13.2. The van der Waals surface area contributed by atoms with E-state index in [-0.39, 0.29) is 11.9 Å². The first-order valence-corrected chi connectivity index (χ1v) is 7.92. The molecule has 2 fully saturated rings. The summed E-state index contributed by atoms with van der Waals surface area (Å²) in [7, 11) is -3.32. The molecule has 0 aromatic rings. The van der Waals surface area contributed by atoms with Crippen LogP contribution in [0.15, 0.2) is 0 Å². The van der Waals surface area contributed by atoms with Crippen molar-refractivity contribution in [1.82, 2.24) is 13.9 Å². The van der Waals surface area contributed by atoms with Crippen LogP contribution in [0.5, 0.6) is 0 Å². The van der Waals surface area contributed by atoms with Crippen LogP contribution in [0.25, 0.3) is 0 Å². The Balaban J connectivity index is 2.01. The summed E-state index contributed by atoms with van der Waals surface area (Å²) in [6.45, 7) is 3.69. The van der Waals surface area contributed by atoms with Gasteiger partial charge in [0.2, 0.25) is 5.91 Å². The van der Waals surface area contributed by atoms with Gasteiger partial charge in [-0.05, 0) is 25.7 Å². The van der Waals surface area contributed by atoms with Crippen LogP contribution in [0.3, 0.4) is 0 Å². The number of nitrogens with one attached hydrogen (secondary N) is 1. The molecule has 0 unspecified atom stereocenters.